The van der Waals surface area contributed by atoms with Gasteiger partial charge in [0.1, 0.15) is 12.4 Å². The van der Waals surface area contributed by atoms with E-state index in [1.54, 1.807) is 0 Å². The highest BCUT2D eigenvalue weighted by Gasteiger charge is 2.42. The molecule has 1 aliphatic heterocycles. The molecular formula is C11H18N5O11P3. The van der Waals surface area contributed by atoms with Gasteiger partial charge < -0.3 is 30.0 Å². The molecule has 2 unspecified atom stereocenters. The van der Waals surface area contributed by atoms with Gasteiger partial charge in [-0.1, -0.05) is 6.92 Å². The lowest BCUT2D eigenvalue weighted by Crippen LogP contribution is -2.15. The number of anilines is 1. The average Bonchev–Trinajstić information content (AvgIpc) is 3.13. The molecule has 3 rings (SSSR count). The van der Waals surface area contributed by atoms with Crippen LogP contribution in [0.4, 0.5) is 5.82 Å². The number of rotatable bonds is 8. The molecule has 5 atom stereocenters. The zero-order valence-electron chi connectivity index (χ0n) is 15.2. The fourth-order valence-corrected chi connectivity index (χ4v) is 5.98. The van der Waals surface area contributed by atoms with Gasteiger partial charge in [0.05, 0.1) is 24.6 Å². The molecule has 19 heteroatoms. The fourth-order valence-electron chi connectivity index (χ4n) is 2.93. The maximum Gasteiger partial charge on any atom is 0.490 e. The second kappa shape index (κ2) is 8.34. The predicted molar refractivity (Wildman–Crippen MR) is 96.4 cm³/mol. The van der Waals surface area contributed by atoms with Crippen molar-refractivity contribution < 1.29 is 51.2 Å². The Morgan fingerprint density at radius 1 is 1.20 bits per heavy atom. The number of phosphoric ester groups is 1. The highest BCUT2D eigenvalue weighted by atomic mass is 31.3. The molecule has 3 heterocycles. The van der Waals surface area contributed by atoms with Crippen LogP contribution in [0.5, 0.6) is 0 Å². The Balaban J connectivity index is 1.63. The topological polar surface area (TPSA) is 238 Å². The van der Waals surface area contributed by atoms with E-state index in [2.05, 4.69) is 28.2 Å². The van der Waals surface area contributed by atoms with Gasteiger partial charge in [-0.15, -0.1) is 0 Å². The van der Waals surface area contributed by atoms with E-state index in [-0.39, 0.29) is 11.7 Å². The van der Waals surface area contributed by atoms with Crippen LogP contribution < -0.4 is 5.73 Å². The second-order valence-electron chi connectivity index (χ2n) is 6.34. The number of imidazole rings is 1. The van der Waals surface area contributed by atoms with E-state index in [1.165, 1.54) is 17.0 Å². The molecule has 0 aliphatic carbocycles. The second-order valence-corrected chi connectivity index (χ2v) is 10.8. The minimum absolute atomic E-state index is 0.101. The summed E-state index contributed by atoms with van der Waals surface area (Å²) in [5.74, 6) is 0.0710. The smallest absolute Gasteiger partial charge is 0.381 e. The first kappa shape index (κ1) is 23.4. The van der Waals surface area contributed by atoms with Crippen molar-refractivity contribution >= 4 is 34.9 Å². The van der Waals surface area contributed by atoms with E-state index in [9.17, 15) is 18.6 Å². The largest absolute Gasteiger partial charge is 0.490 e. The van der Waals surface area contributed by atoms with Crippen molar-refractivity contribution in [1.29, 1.82) is 0 Å². The number of hydrogen-bond donors (Lipinski definition) is 5. The summed E-state index contributed by atoms with van der Waals surface area (Å²) in [4.78, 5) is 43.7. The minimum atomic E-state index is -5.57. The number of fused-ring (bicyclic) bond motifs is 1. The third kappa shape index (κ3) is 5.69. The SMILES string of the molecule is C[C@H]1C[C@@H](COP(=O)(O)OP(=O)(O)OP(=O)(O)O)O[C@H]1c1cnc2c(N)ncnn12. The number of nitrogens with zero attached hydrogens (tertiary/aromatic N) is 4. The molecular weight excluding hydrogens is 471 g/mol. The molecule has 0 bridgehead atoms. The quantitative estimate of drug-likeness (QED) is 0.318. The van der Waals surface area contributed by atoms with Gasteiger partial charge in [0.15, 0.2) is 11.5 Å². The third-order valence-corrected chi connectivity index (χ3v) is 7.78. The Hall–Kier alpha value is -1.28. The van der Waals surface area contributed by atoms with Crippen LogP contribution in [-0.2, 0) is 31.6 Å². The molecule has 1 fully saturated rings. The summed E-state index contributed by atoms with van der Waals surface area (Å²) in [5, 5.41) is 4.07. The summed E-state index contributed by atoms with van der Waals surface area (Å²) >= 11 is 0. The Kier molecular flexibility index (Phi) is 6.50. The molecule has 2 aromatic heterocycles. The van der Waals surface area contributed by atoms with Gasteiger partial charge in [-0.2, -0.15) is 13.7 Å². The zero-order valence-corrected chi connectivity index (χ0v) is 17.8. The first-order valence-corrected chi connectivity index (χ1v) is 12.7. The number of nitrogens with two attached hydrogens (primary N) is 1. The van der Waals surface area contributed by atoms with Gasteiger partial charge in [-0.25, -0.2) is 28.2 Å². The molecule has 168 valence electrons. The van der Waals surface area contributed by atoms with Crippen molar-refractivity contribution in [2.45, 2.75) is 25.6 Å². The lowest BCUT2D eigenvalue weighted by atomic mass is 10.00. The first-order valence-electron chi connectivity index (χ1n) is 8.14. The Bertz CT molecular complexity index is 1070. The van der Waals surface area contributed by atoms with Gasteiger partial charge in [-0.05, 0) is 12.3 Å². The molecule has 1 aliphatic rings. The Morgan fingerprint density at radius 3 is 2.57 bits per heavy atom. The van der Waals surface area contributed by atoms with Gasteiger partial charge >= 0.3 is 23.5 Å². The summed E-state index contributed by atoms with van der Waals surface area (Å²) in [6.07, 6.45) is 1.88. The summed E-state index contributed by atoms with van der Waals surface area (Å²) < 4.78 is 53.0. The van der Waals surface area contributed by atoms with Crippen molar-refractivity contribution in [3.05, 3.63) is 18.2 Å². The van der Waals surface area contributed by atoms with Crippen molar-refractivity contribution in [3.63, 3.8) is 0 Å². The highest BCUT2D eigenvalue weighted by molar-refractivity contribution is 7.66. The number of aromatic nitrogens is 4. The van der Waals surface area contributed by atoms with Crippen LogP contribution in [-0.4, -0.2) is 51.9 Å². The number of nitrogen functional groups attached to an aromatic ring is 1. The molecule has 0 aromatic carbocycles. The third-order valence-electron chi connectivity index (χ3n) is 3.98. The molecule has 0 spiro atoms. The molecule has 0 amide bonds. The van der Waals surface area contributed by atoms with E-state index in [0.717, 1.165) is 0 Å². The molecule has 2 aromatic rings. The maximum atomic E-state index is 11.8. The van der Waals surface area contributed by atoms with Crippen molar-refractivity contribution in [1.82, 2.24) is 19.6 Å². The zero-order chi connectivity index (χ0) is 22.3. The van der Waals surface area contributed by atoms with Crippen LogP contribution in [0.25, 0.3) is 5.65 Å². The van der Waals surface area contributed by atoms with E-state index in [1.807, 2.05) is 6.92 Å². The summed E-state index contributed by atoms with van der Waals surface area (Å²) in [6, 6.07) is 0. The van der Waals surface area contributed by atoms with Crippen molar-refractivity contribution in [3.8, 4) is 0 Å². The van der Waals surface area contributed by atoms with Crippen LogP contribution in [0, 0.1) is 5.92 Å². The van der Waals surface area contributed by atoms with E-state index in [0.29, 0.717) is 17.8 Å². The maximum absolute atomic E-state index is 11.8. The van der Waals surface area contributed by atoms with Gasteiger partial charge in [0.2, 0.25) is 0 Å². The number of hydrogen-bond acceptors (Lipinski definition) is 11. The van der Waals surface area contributed by atoms with Crippen LogP contribution in [0.15, 0.2) is 12.5 Å². The fraction of sp³-hybridized carbons (Fsp3) is 0.545. The molecule has 0 saturated carbocycles. The minimum Gasteiger partial charge on any atom is -0.381 e. The van der Waals surface area contributed by atoms with Crippen LogP contribution in [0.1, 0.15) is 25.1 Å². The lowest BCUT2D eigenvalue weighted by Gasteiger charge is -2.18. The summed E-state index contributed by atoms with van der Waals surface area (Å²) in [5.41, 5.74) is 6.64. The standard InChI is InChI=1S/C11H18N5O11P3/c1-6-2-7(4-24-29(20,21)27-30(22,23)26-28(17,18)19)25-9(6)8-3-13-11-10(12)14-5-15-16(8)11/h3,5-7,9H,2,4H2,1H3,(H,20,21)(H,22,23)(H2,12,14,15)(H2,17,18,19)/t6-,7-,9+/m0/s1. The molecule has 6 N–H and O–H groups in total. The summed E-state index contributed by atoms with van der Waals surface area (Å²) in [6.45, 7) is 1.32. The summed E-state index contributed by atoms with van der Waals surface area (Å²) in [7, 11) is -16.2. The van der Waals surface area contributed by atoms with E-state index < -0.39 is 42.3 Å². The Labute approximate surface area is 168 Å². The van der Waals surface area contributed by atoms with Crippen LogP contribution in [0.2, 0.25) is 0 Å². The van der Waals surface area contributed by atoms with Crippen LogP contribution in [0.3, 0.4) is 0 Å². The first-order chi connectivity index (χ1) is 13.8. The number of ether oxygens (including phenoxy) is 1. The predicted octanol–water partition coefficient (Wildman–Crippen LogP) is 0.516. The lowest BCUT2D eigenvalue weighted by molar-refractivity contribution is 0.00203. The Morgan fingerprint density at radius 2 is 1.90 bits per heavy atom. The van der Waals surface area contributed by atoms with Gasteiger partial charge in [0.25, 0.3) is 0 Å². The van der Waals surface area contributed by atoms with Gasteiger partial charge in [0, 0.05) is 0 Å². The normalized spacial score (nSPS) is 26.5. The molecule has 1 saturated heterocycles. The van der Waals surface area contributed by atoms with Crippen molar-refractivity contribution in [2.24, 2.45) is 5.92 Å². The molecule has 0 radical (unpaired) electrons. The van der Waals surface area contributed by atoms with Crippen molar-refractivity contribution in [2.75, 3.05) is 12.3 Å². The van der Waals surface area contributed by atoms with E-state index in [4.69, 9.17) is 25.2 Å². The van der Waals surface area contributed by atoms with Gasteiger partial charge in [-0.3, -0.25) is 4.52 Å². The molecule has 30 heavy (non-hydrogen) atoms. The van der Waals surface area contributed by atoms with E-state index >= 15 is 0 Å². The molecule has 16 nitrogen and oxygen atoms in total. The number of phosphoric acid groups is 3. The monoisotopic (exact) mass is 489 g/mol. The highest BCUT2D eigenvalue weighted by Crippen LogP contribution is 2.66. The average molecular weight is 489 g/mol. The van der Waals surface area contributed by atoms with Crippen LogP contribution >= 0.6 is 23.5 Å².